The SMILES string of the molecule is Cc1nc(-c2nnc3n2CCC(NC(=O)c2cccc(-n4cccn4)c2)CC3)cs1. The van der Waals surface area contributed by atoms with Crippen LogP contribution in [0.25, 0.3) is 17.2 Å². The molecule has 0 spiro atoms. The molecule has 1 aliphatic rings. The van der Waals surface area contributed by atoms with Gasteiger partial charge in [0.1, 0.15) is 11.5 Å². The number of rotatable bonds is 4. The predicted molar refractivity (Wildman–Crippen MR) is 114 cm³/mol. The Balaban J connectivity index is 1.28. The average molecular weight is 420 g/mol. The summed E-state index contributed by atoms with van der Waals surface area (Å²) >= 11 is 1.61. The minimum atomic E-state index is -0.0676. The van der Waals surface area contributed by atoms with Gasteiger partial charge in [-0.3, -0.25) is 4.79 Å². The van der Waals surface area contributed by atoms with Gasteiger partial charge < -0.3 is 9.88 Å². The summed E-state index contributed by atoms with van der Waals surface area (Å²) in [5, 5.41) is 19.2. The Morgan fingerprint density at radius 2 is 2.17 bits per heavy atom. The smallest absolute Gasteiger partial charge is 0.251 e. The zero-order valence-electron chi connectivity index (χ0n) is 16.5. The molecule has 4 aromatic rings. The van der Waals surface area contributed by atoms with Gasteiger partial charge in [-0.25, -0.2) is 9.67 Å². The van der Waals surface area contributed by atoms with E-state index in [-0.39, 0.29) is 11.9 Å². The van der Waals surface area contributed by atoms with E-state index in [0.717, 1.165) is 53.8 Å². The molecule has 0 radical (unpaired) electrons. The summed E-state index contributed by atoms with van der Waals surface area (Å²) in [7, 11) is 0. The molecule has 0 aliphatic carbocycles. The molecular formula is C21H21N7OS. The second-order valence-corrected chi connectivity index (χ2v) is 8.40. The van der Waals surface area contributed by atoms with Crippen molar-refractivity contribution in [3.05, 3.63) is 64.5 Å². The van der Waals surface area contributed by atoms with Crippen LogP contribution in [0.15, 0.2) is 48.1 Å². The Bertz CT molecular complexity index is 1180. The maximum absolute atomic E-state index is 12.9. The maximum atomic E-state index is 12.9. The number of nitrogens with zero attached hydrogens (tertiary/aromatic N) is 6. The number of hydrogen-bond donors (Lipinski definition) is 1. The summed E-state index contributed by atoms with van der Waals surface area (Å²) < 4.78 is 3.88. The molecule has 152 valence electrons. The third-order valence-electron chi connectivity index (χ3n) is 5.31. The van der Waals surface area contributed by atoms with E-state index in [0.29, 0.717) is 5.56 Å². The van der Waals surface area contributed by atoms with Crippen molar-refractivity contribution in [2.75, 3.05) is 0 Å². The van der Waals surface area contributed by atoms with Gasteiger partial charge in [-0.05, 0) is 44.0 Å². The van der Waals surface area contributed by atoms with Crippen LogP contribution in [0.2, 0.25) is 0 Å². The molecular weight excluding hydrogens is 398 g/mol. The summed E-state index contributed by atoms with van der Waals surface area (Å²) in [5.41, 5.74) is 2.36. The van der Waals surface area contributed by atoms with Crippen molar-refractivity contribution in [2.45, 2.75) is 38.8 Å². The van der Waals surface area contributed by atoms with Crippen molar-refractivity contribution in [1.82, 2.24) is 34.8 Å². The fourth-order valence-corrected chi connectivity index (χ4v) is 4.36. The van der Waals surface area contributed by atoms with E-state index in [1.54, 1.807) is 22.2 Å². The van der Waals surface area contributed by atoms with E-state index in [9.17, 15) is 4.79 Å². The molecule has 8 nitrogen and oxygen atoms in total. The second kappa shape index (κ2) is 7.83. The monoisotopic (exact) mass is 419 g/mol. The van der Waals surface area contributed by atoms with Crippen molar-refractivity contribution in [1.29, 1.82) is 0 Å². The van der Waals surface area contributed by atoms with E-state index in [1.807, 2.05) is 48.8 Å². The van der Waals surface area contributed by atoms with Crippen molar-refractivity contribution >= 4 is 17.2 Å². The van der Waals surface area contributed by atoms with Crippen LogP contribution >= 0.6 is 11.3 Å². The third kappa shape index (κ3) is 3.63. The van der Waals surface area contributed by atoms with Crippen LogP contribution in [0.3, 0.4) is 0 Å². The normalized spacial score (nSPS) is 16.1. The number of benzene rings is 1. The van der Waals surface area contributed by atoms with Gasteiger partial charge in [0, 0.05) is 42.3 Å². The molecule has 3 aromatic heterocycles. The Morgan fingerprint density at radius 3 is 2.97 bits per heavy atom. The first kappa shape index (κ1) is 18.7. The van der Waals surface area contributed by atoms with Gasteiger partial charge in [0.15, 0.2) is 5.82 Å². The number of carbonyl (C=O) groups excluding carboxylic acids is 1. The number of aryl methyl sites for hydroxylation is 2. The molecule has 1 unspecified atom stereocenters. The summed E-state index contributed by atoms with van der Waals surface area (Å²) in [4.78, 5) is 17.4. The molecule has 1 aromatic carbocycles. The van der Waals surface area contributed by atoms with Gasteiger partial charge in [-0.2, -0.15) is 5.10 Å². The van der Waals surface area contributed by atoms with Gasteiger partial charge in [-0.1, -0.05) is 6.07 Å². The third-order valence-corrected chi connectivity index (χ3v) is 6.08. The zero-order valence-corrected chi connectivity index (χ0v) is 17.3. The first-order valence-electron chi connectivity index (χ1n) is 9.93. The van der Waals surface area contributed by atoms with E-state index < -0.39 is 0 Å². The lowest BCUT2D eigenvalue weighted by Gasteiger charge is -2.16. The molecule has 0 saturated carbocycles. The number of hydrogen-bond acceptors (Lipinski definition) is 6. The number of nitrogens with one attached hydrogen (secondary N) is 1. The van der Waals surface area contributed by atoms with Gasteiger partial charge in [0.25, 0.3) is 5.91 Å². The fourth-order valence-electron chi connectivity index (χ4n) is 3.77. The molecule has 0 bridgehead atoms. The van der Waals surface area contributed by atoms with E-state index >= 15 is 0 Å². The van der Waals surface area contributed by atoms with Crippen LogP contribution in [-0.4, -0.2) is 41.5 Å². The highest BCUT2D eigenvalue weighted by atomic mass is 32.1. The highest BCUT2D eigenvalue weighted by Gasteiger charge is 2.23. The topological polar surface area (TPSA) is 90.5 Å². The molecule has 0 fully saturated rings. The van der Waals surface area contributed by atoms with E-state index in [4.69, 9.17) is 0 Å². The summed E-state index contributed by atoms with van der Waals surface area (Å²) in [6, 6.07) is 9.44. The lowest BCUT2D eigenvalue weighted by molar-refractivity contribution is 0.0933. The number of aromatic nitrogens is 6. The van der Waals surface area contributed by atoms with Gasteiger partial charge in [0.05, 0.1) is 10.7 Å². The minimum Gasteiger partial charge on any atom is -0.349 e. The van der Waals surface area contributed by atoms with E-state index in [2.05, 4.69) is 30.2 Å². The van der Waals surface area contributed by atoms with Crippen LogP contribution in [-0.2, 0) is 13.0 Å². The standard InChI is InChI=1S/C21H21N7OS/c1-14-23-18(13-30-14)20-26-25-19-7-6-16(8-11-27(19)20)24-21(29)15-4-2-5-17(12-15)28-10-3-9-22-28/h2-5,9-10,12-13,16H,6-8,11H2,1H3,(H,24,29). The van der Waals surface area contributed by atoms with Gasteiger partial charge in [0.2, 0.25) is 0 Å². The van der Waals surface area contributed by atoms with Crippen molar-refractivity contribution in [2.24, 2.45) is 0 Å². The quantitative estimate of drug-likeness (QED) is 0.549. The lowest BCUT2D eigenvalue weighted by Crippen LogP contribution is -2.35. The molecule has 5 rings (SSSR count). The highest BCUT2D eigenvalue weighted by molar-refractivity contribution is 7.09. The highest BCUT2D eigenvalue weighted by Crippen LogP contribution is 2.24. The first-order chi connectivity index (χ1) is 14.7. The summed E-state index contributed by atoms with van der Waals surface area (Å²) in [6.45, 7) is 2.74. The molecule has 30 heavy (non-hydrogen) atoms. The van der Waals surface area contributed by atoms with Crippen LogP contribution in [0, 0.1) is 6.92 Å². The lowest BCUT2D eigenvalue weighted by atomic mass is 10.1. The van der Waals surface area contributed by atoms with Gasteiger partial charge >= 0.3 is 0 Å². The molecule has 1 atom stereocenters. The van der Waals surface area contributed by atoms with Crippen molar-refractivity contribution in [3.63, 3.8) is 0 Å². The number of fused-ring (bicyclic) bond motifs is 1. The van der Waals surface area contributed by atoms with Crippen LogP contribution in [0.4, 0.5) is 0 Å². The number of thiazole rings is 1. The molecule has 1 aliphatic heterocycles. The molecule has 1 N–H and O–H groups in total. The number of amides is 1. The van der Waals surface area contributed by atoms with Crippen LogP contribution < -0.4 is 5.32 Å². The van der Waals surface area contributed by atoms with E-state index in [1.165, 1.54) is 0 Å². The van der Waals surface area contributed by atoms with Crippen molar-refractivity contribution in [3.8, 4) is 17.2 Å². The van der Waals surface area contributed by atoms with Crippen LogP contribution in [0.1, 0.15) is 34.0 Å². The summed E-state index contributed by atoms with van der Waals surface area (Å²) in [6.07, 6.45) is 6.01. The minimum absolute atomic E-state index is 0.0676. The summed E-state index contributed by atoms with van der Waals surface area (Å²) in [5.74, 6) is 1.70. The Hall–Kier alpha value is -3.33. The maximum Gasteiger partial charge on any atom is 0.251 e. The van der Waals surface area contributed by atoms with Crippen LogP contribution in [0.5, 0.6) is 0 Å². The Kier molecular flexibility index (Phi) is 4.88. The Morgan fingerprint density at radius 1 is 1.23 bits per heavy atom. The largest absolute Gasteiger partial charge is 0.349 e. The van der Waals surface area contributed by atoms with Crippen molar-refractivity contribution < 1.29 is 4.79 Å². The zero-order chi connectivity index (χ0) is 20.5. The average Bonchev–Trinajstić information content (AvgIpc) is 3.49. The number of carbonyl (C=O) groups is 1. The fraction of sp³-hybridized carbons (Fsp3) is 0.286. The Labute approximate surface area is 177 Å². The predicted octanol–water partition coefficient (Wildman–Crippen LogP) is 3.03. The first-order valence-corrected chi connectivity index (χ1v) is 10.8. The molecule has 9 heteroatoms. The molecule has 0 saturated heterocycles. The molecule has 4 heterocycles. The second-order valence-electron chi connectivity index (χ2n) is 7.34. The molecule has 1 amide bonds. The van der Waals surface area contributed by atoms with Gasteiger partial charge in [-0.15, -0.1) is 21.5 Å².